The third-order valence-corrected chi connectivity index (χ3v) is 6.28. The first-order valence-electron chi connectivity index (χ1n) is 12.2. The van der Waals surface area contributed by atoms with Crippen LogP contribution >= 0.6 is 0 Å². The summed E-state index contributed by atoms with van der Waals surface area (Å²) in [6, 6.07) is 3.38. The molecular formula is C25H27N3O9. The third kappa shape index (κ3) is 6.13. The van der Waals surface area contributed by atoms with Crippen LogP contribution in [0.1, 0.15) is 91.0 Å². The Labute approximate surface area is 212 Å². The molecule has 196 valence electrons. The van der Waals surface area contributed by atoms with Crippen molar-refractivity contribution in [2.75, 3.05) is 6.61 Å². The van der Waals surface area contributed by atoms with Crippen LogP contribution in [-0.2, 0) is 4.74 Å². The first kappa shape index (κ1) is 27.4. The van der Waals surface area contributed by atoms with E-state index in [9.17, 15) is 39.9 Å². The largest absolute Gasteiger partial charge is 0.462 e. The molecular weight excluding hydrogens is 486 g/mol. The van der Waals surface area contributed by atoms with Gasteiger partial charge in [-0.25, -0.2) is 4.79 Å². The number of rotatable bonds is 14. The minimum absolute atomic E-state index is 0.0370. The number of nitrogens with zero attached hydrogens (tertiary/aromatic N) is 3. The van der Waals surface area contributed by atoms with Crippen molar-refractivity contribution in [3.63, 3.8) is 0 Å². The van der Waals surface area contributed by atoms with Crippen molar-refractivity contribution in [1.29, 1.82) is 0 Å². The maximum absolute atomic E-state index is 13.0. The summed E-state index contributed by atoms with van der Waals surface area (Å²) in [4.78, 5) is 57.8. The molecule has 37 heavy (non-hydrogen) atoms. The Hall–Kier alpha value is -4.22. The van der Waals surface area contributed by atoms with Gasteiger partial charge < -0.3 is 4.74 Å². The van der Waals surface area contributed by atoms with Gasteiger partial charge in [-0.15, -0.1) is 0 Å². The van der Waals surface area contributed by atoms with E-state index in [0.717, 1.165) is 43.9 Å². The summed E-state index contributed by atoms with van der Waals surface area (Å²) in [7, 11) is 0. The monoisotopic (exact) mass is 513 g/mol. The minimum atomic E-state index is -0.965. The summed E-state index contributed by atoms with van der Waals surface area (Å²) in [5.74, 6) is -1.85. The Kier molecular flexibility index (Phi) is 8.99. The number of non-ortho nitro benzene ring substituents is 2. The van der Waals surface area contributed by atoms with Crippen molar-refractivity contribution in [3.05, 3.63) is 71.3 Å². The van der Waals surface area contributed by atoms with Gasteiger partial charge in [0.25, 0.3) is 17.1 Å². The number of fused-ring (bicyclic) bond motifs is 3. The van der Waals surface area contributed by atoms with Gasteiger partial charge in [0.15, 0.2) is 5.78 Å². The van der Waals surface area contributed by atoms with Crippen LogP contribution in [0.3, 0.4) is 0 Å². The molecule has 0 saturated carbocycles. The number of carbonyl (C=O) groups is 2. The van der Waals surface area contributed by atoms with Crippen molar-refractivity contribution in [2.24, 2.45) is 0 Å². The fraction of sp³-hybridized carbons (Fsp3) is 0.440. The Morgan fingerprint density at radius 3 is 1.78 bits per heavy atom. The van der Waals surface area contributed by atoms with E-state index in [2.05, 4.69) is 6.92 Å². The lowest BCUT2D eigenvalue weighted by atomic mass is 9.97. The smallest absolute Gasteiger partial charge is 0.339 e. The van der Waals surface area contributed by atoms with E-state index in [1.54, 1.807) is 0 Å². The van der Waals surface area contributed by atoms with Crippen LogP contribution in [0.4, 0.5) is 17.1 Å². The van der Waals surface area contributed by atoms with Crippen molar-refractivity contribution >= 4 is 28.8 Å². The molecule has 0 bridgehead atoms. The summed E-state index contributed by atoms with van der Waals surface area (Å²) in [6.07, 6.45) is 9.41. The van der Waals surface area contributed by atoms with E-state index < -0.39 is 43.6 Å². The highest BCUT2D eigenvalue weighted by atomic mass is 16.6. The van der Waals surface area contributed by atoms with Gasteiger partial charge in [-0.2, -0.15) is 0 Å². The highest BCUT2D eigenvalue weighted by Crippen LogP contribution is 2.47. The van der Waals surface area contributed by atoms with Gasteiger partial charge in [0.2, 0.25) is 0 Å². The number of nitro benzene ring substituents is 3. The molecule has 1 aliphatic carbocycles. The molecule has 0 amide bonds. The van der Waals surface area contributed by atoms with Gasteiger partial charge >= 0.3 is 5.97 Å². The molecule has 0 unspecified atom stereocenters. The summed E-state index contributed by atoms with van der Waals surface area (Å²) in [5, 5.41) is 34.4. The molecule has 12 nitrogen and oxygen atoms in total. The minimum Gasteiger partial charge on any atom is -0.462 e. The number of unbranched alkanes of at least 4 members (excludes halogenated alkanes) is 8. The summed E-state index contributed by atoms with van der Waals surface area (Å²) in [6.45, 7) is 2.20. The van der Waals surface area contributed by atoms with Crippen LogP contribution in [0.5, 0.6) is 0 Å². The zero-order valence-corrected chi connectivity index (χ0v) is 20.4. The SMILES string of the molecule is CCCCCCCCCCCOC(=O)c1cc([N+](=O)[O-])cc2c1-c1c(cc([N+](=O)[O-])cc1[N+](=O)[O-])C2=O. The number of carbonyl (C=O) groups excluding carboxylic acids is 2. The second-order valence-electron chi connectivity index (χ2n) is 8.87. The molecule has 2 aromatic rings. The Bertz CT molecular complexity index is 1260. The molecule has 0 atom stereocenters. The lowest BCUT2D eigenvalue weighted by Gasteiger charge is -2.10. The highest BCUT2D eigenvalue weighted by Gasteiger charge is 2.40. The molecule has 0 aromatic heterocycles. The van der Waals surface area contributed by atoms with Crippen LogP contribution < -0.4 is 0 Å². The standard InChI is InChI=1S/C25H27N3O9/c1-2-3-4-5-6-7-8-9-10-11-37-25(30)20-14-16(26(31)32)12-18-22(20)23-19(24(18)29)13-17(27(33)34)15-21(23)28(35)36/h12-15H,2-11H2,1H3. The molecule has 1 aliphatic rings. The molecule has 0 aliphatic heterocycles. The molecule has 12 heteroatoms. The van der Waals surface area contributed by atoms with Crippen LogP contribution in [0, 0.1) is 30.3 Å². The van der Waals surface area contributed by atoms with E-state index in [1.165, 1.54) is 25.7 Å². The number of hydrogen-bond donors (Lipinski definition) is 0. The average Bonchev–Trinajstić information content (AvgIpc) is 3.15. The Balaban J connectivity index is 1.83. The fourth-order valence-corrected chi connectivity index (χ4v) is 4.45. The molecule has 0 fully saturated rings. The molecule has 2 aromatic carbocycles. The van der Waals surface area contributed by atoms with E-state index >= 15 is 0 Å². The second kappa shape index (κ2) is 12.2. The van der Waals surface area contributed by atoms with Gasteiger partial charge in [0, 0.05) is 34.9 Å². The van der Waals surface area contributed by atoms with E-state index in [0.29, 0.717) is 12.5 Å². The number of esters is 1. The third-order valence-electron chi connectivity index (χ3n) is 6.28. The Morgan fingerprint density at radius 2 is 1.24 bits per heavy atom. The van der Waals surface area contributed by atoms with Crippen molar-refractivity contribution in [3.8, 4) is 11.1 Å². The average molecular weight is 514 g/mol. The second-order valence-corrected chi connectivity index (χ2v) is 8.87. The molecule has 0 radical (unpaired) electrons. The molecule has 0 heterocycles. The summed E-state index contributed by atoms with van der Waals surface area (Å²) < 4.78 is 5.31. The van der Waals surface area contributed by atoms with Gasteiger partial charge in [-0.3, -0.25) is 35.1 Å². The van der Waals surface area contributed by atoms with Crippen LogP contribution in [-0.4, -0.2) is 33.1 Å². The quantitative estimate of drug-likeness (QED) is 0.103. The van der Waals surface area contributed by atoms with E-state index in [4.69, 9.17) is 4.74 Å². The van der Waals surface area contributed by atoms with Crippen LogP contribution in [0.2, 0.25) is 0 Å². The van der Waals surface area contributed by atoms with Gasteiger partial charge in [-0.1, -0.05) is 58.3 Å². The number of ketones is 1. The van der Waals surface area contributed by atoms with Crippen LogP contribution in [0.15, 0.2) is 24.3 Å². The summed E-state index contributed by atoms with van der Waals surface area (Å²) >= 11 is 0. The summed E-state index contributed by atoms with van der Waals surface area (Å²) in [5.41, 5.74) is -3.55. The number of ether oxygens (including phenoxy) is 1. The lowest BCUT2D eigenvalue weighted by molar-refractivity contribution is -0.393. The predicted octanol–water partition coefficient (Wildman–Crippen LogP) is 6.31. The van der Waals surface area contributed by atoms with Crippen molar-refractivity contribution in [1.82, 2.24) is 0 Å². The first-order valence-corrected chi connectivity index (χ1v) is 12.2. The number of hydrogen-bond acceptors (Lipinski definition) is 9. The zero-order chi connectivity index (χ0) is 27.1. The number of nitro groups is 3. The van der Waals surface area contributed by atoms with E-state index in [1.807, 2.05) is 0 Å². The molecule has 0 saturated heterocycles. The maximum Gasteiger partial charge on any atom is 0.339 e. The van der Waals surface area contributed by atoms with Crippen LogP contribution in [0.25, 0.3) is 11.1 Å². The lowest BCUT2D eigenvalue weighted by Crippen LogP contribution is -2.10. The van der Waals surface area contributed by atoms with Gasteiger partial charge in [0.05, 0.1) is 38.6 Å². The highest BCUT2D eigenvalue weighted by molar-refractivity contribution is 6.26. The molecule has 3 rings (SSSR count). The number of benzene rings is 2. The fourth-order valence-electron chi connectivity index (χ4n) is 4.45. The van der Waals surface area contributed by atoms with Crippen molar-refractivity contribution < 1.29 is 29.1 Å². The Morgan fingerprint density at radius 1 is 0.730 bits per heavy atom. The topological polar surface area (TPSA) is 173 Å². The first-order chi connectivity index (χ1) is 17.7. The molecule has 0 N–H and O–H groups in total. The normalized spacial score (nSPS) is 11.6. The van der Waals surface area contributed by atoms with Gasteiger partial charge in [-0.05, 0) is 6.42 Å². The van der Waals surface area contributed by atoms with E-state index in [-0.39, 0.29) is 34.4 Å². The van der Waals surface area contributed by atoms with Crippen molar-refractivity contribution in [2.45, 2.75) is 64.7 Å². The maximum atomic E-state index is 13.0. The predicted molar refractivity (Wildman–Crippen MR) is 133 cm³/mol. The molecule has 0 spiro atoms. The van der Waals surface area contributed by atoms with Gasteiger partial charge in [0.1, 0.15) is 0 Å². The zero-order valence-electron chi connectivity index (χ0n) is 20.4.